The van der Waals surface area contributed by atoms with Crippen molar-refractivity contribution in [3.8, 4) is 0 Å². The van der Waals surface area contributed by atoms with Gasteiger partial charge >= 0.3 is 18.3 Å². The molecule has 1 aromatic carbocycles. The first-order valence-corrected chi connectivity index (χ1v) is 16.6. The number of carbonyl (C=O) groups excluding carboxylic acids is 4. The van der Waals surface area contributed by atoms with Crippen LogP contribution < -0.4 is 10.6 Å². The van der Waals surface area contributed by atoms with E-state index < -0.39 is 42.2 Å². The summed E-state index contributed by atoms with van der Waals surface area (Å²) in [6, 6.07) is 13.0. The number of amides is 3. The first-order valence-electron chi connectivity index (χ1n) is 16.6. The number of nitrogens with one attached hydrogen (secondary N) is 2. The van der Waals surface area contributed by atoms with Crippen molar-refractivity contribution in [2.45, 2.75) is 77.1 Å². The summed E-state index contributed by atoms with van der Waals surface area (Å²) in [5.41, 5.74) is 1.08. The van der Waals surface area contributed by atoms with Gasteiger partial charge in [-0.15, -0.1) is 0 Å². The van der Waals surface area contributed by atoms with Crippen molar-refractivity contribution in [3.05, 3.63) is 78.5 Å². The maximum absolute atomic E-state index is 13.3. The Hall–Kier alpha value is -5.02. The highest BCUT2D eigenvalue weighted by Crippen LogP contribution is 2.25. The van der Waals surface area contributed by atoms with Crippen LogP contribution in [0.2, 0.25) is 0 Å². The van der Waals surface area contributed by atoms with Crippen molar-refractivity contribution in [2.75, 3.05) is 31.6 Å². The molecule has 0 saturated carbocycles. The van der Waals surface area contributed by atoms with Gasteiger partial charge in [-0.3, -0.25) is 10.1 Å². The van der Waals surface area contributed by atoms with Gasteiger partial charge in [-0.25, -0.2) is 28.9 Å². The number of benzene rings is 1. The normalized spacial score (nSPS) is 19.7. The lowest BCUT2D eigenvalue weighted by Gasteiger charge is -2.38. The molecule has 0 radical (unpaired) electrons. The quantitative estimate of drug-likeness (QED) is 0.286. The van der Waals surface area contributed by atoms with E-state index in [2.05, 4.69) is 20.6 Å². The van der Waals surface area contributed by atoms with Gasteiger partial charge in [0.15, 0.2) is 0 Å². The van der Waals surface area contributed by atoms with E-state index >= 15 is 0 Å². The van der Waals surface area contributed by atoms with E-state index in [0.29, 0.717) is 38.2 Å². The van der Waals surface area contributed by atoms with Crippen LogP contribution in [0.25, 0.3) is 0 Å². The number of hydrogen-bond acceptors (Lipinski definition) is 11. The van der Waals surface area contributed by atoms with Gasteiger partial charge in [0.05, 0.1) is 13.2 Å². The third-order valence-electron chi connectivity index (χ3n) is 8.14. The van der Waals surface area contributed by atoms with Crippen LogP contribution in [0.1, 0.15) is 51.2 Å². The van der Waals surface area contributed by atoms with E-state index in [1.165, 1.54) is 23.3 Å². The molecule has 3 amide bonds. The molecule has 3 atom stereocenters. The predicted molar refractivity (Wildman–Crippen MR) is 179 cm³/mol. The molecule has 0 bridgehead atoms. The fourth-order valence-electron chi connectivity index (χ4n) is 5.55. The summed E-state index contributed by atoms with van der Waals surface area (Å²) in [6.07, 6.45) is 3.54. The van der Waals surface area contributed by atoms with Crippen LogP contribution in [-0.4, -0.2) is 93.8 Å². The largest absolute Gasteiger partial charge is 0.446 e. The lowest BCUT2D eigenvalue weighted by Crippen LogP contribution is -2.52. The van der Waals surface area contributed by atoms with Crippen molar-refractivity contribution in [1.29, 1.82) is 0 Å². The minimum Gasteiger partial charge on any atom is -0.446 e. The summed E-state index contributed by atoms with van der Waals surface area (Å²) in [6.45, 7) is 6.74. The van der Waals surface area contributed by atoms with E-state index in [1.54, 1.807) is 44.0 Å². The first-order chi connectivity index (χ1) is 24.0. The van der Waals surface area contributed by atoms with E-state index in [-0.39, 0.29) is 38.2 Å². The number of imidazole rings is 1. The third kappa shape index (κ3) is 10.7. The second kappa shape index (κ2) is 17.1. The number of piperidine rings is 1. The van der Waals surface area contributed by atoms with Gasteiger partial charge in [0.25, 0.3) is 0 Å². The summed E-state index contributed by atoms with van der Waals surface area (Å²) in [5, 5.41) is 5.52. The van der Waals surface area contributed by atoms with Crippen LogP contribution in [0, 0.1) is 5.92 Å². The molecular weight excluding hydrogens is 648 g/mol. The Labute approximate surface area is 290 Å². The molecule has 2 aliphatic rings. The zero-order valence-corrected chi connectivity index (χ0v) is 28.5. The van der Waals surface area contributed by atoms with Crippen LogP contribution in [-0.2, 0) is 41.6 Å². The fourth-order valence-corrected chi connectivity index (χ4v) is 5.55. The molecule has 2 aliphatic heterocycles. The minimum absolute atomic E-state index is 0.103. The number of aromatic nitrogens is 3. The second-order valence-electron chi connectivity index (χ2n) is 13.1. The average molecular weight is 693 g/mol. The van der Waals surface area contributed by atoms with Crippen molar-refractivity contribution in [3.63, 3.8) is 0 Å². The molecule has 15 nitrogen and oxygen atoms in total. The molecular formula is C35H44N6O9. The lowest BCUT2D eigenvalue weighted by molar-refractivity contribution is -0.177. The Kier molecular flexibility index (Phi) is 12.4. The molecule has 50 heavy (non-hydrogen) atoms. The maximum Gasteiger partial charge on any atom is 0.419 e. The van der Waals surface area contributed by atoms with Gasteiger partial charge in [0.2, 0.25) is 5.91 Å². The summed E-state index contributed by atoms with van der Waals surface area (Å²) >= 11 is 0. The highest BCUT2D eigenvalue weighted by atomic mass is 16.6. The van der Waals surface area contributed by atoms with E-state index in [4.69, 9.17) is 23.7 Å². The fraction of sp³-hybridized carbons (Fsp3) is 0.486. The minimum atomic E-state index is -0.691. The lowest BCUT2D eigenvalue weighted by atomic mass is 9.96. The van der Waals surface area contributed by atoms with Gasteiger partial charge in [-0.05, 0) is 50.8 Å². The Morgan fingerprint density at radius 1 is 0.980 bits per heavy atom. The number of hydrogen-bond donors (Lipinski definition) is 2. The summed E-state index contributed by atoms with van der Waals surface area (Å²) in [4.78, 5) is 60.4. The molecule has 4 heterocycles. The summed E-state index contributed by atoms with van der Waals surface area (Å²) in [5.74, 6) is -0.0337. The average Bonchev–Trinajstić information content (AvgIpc) is 3.65. The van der Waals surface area contributed by atoms with Crippen LogP contribution in [0.15, 0.2) is 67.4 Å². The summed E-state index contributed by atoms with van der Waals surface area (Å²) < 4.78 is 30.1. The predicted octanol–water partition coefficient (Wildman–Crippen LogP) is 4.52. The van der Waals surface area contributed by atoms with Gasteiger partial charge in [0.1, 0.15) is 42.7 Å². The second-order valence-corrected chi connectivity index (χ2v) is 13.1. The van der Waals surface area contributed by atoms with Crippen LogP contribution >= 0.6 is 0 Å². The van der Waals surface area contributed by atoms with Gasteiger partial charge in [-0.2, -0.15) is 0 Å². The summed E-state index contributed by atoms with van der Waals surface area (Å²) in [7, 11) is 0. The Morgan fingerprint density at radius 2 is 1.76 bits per heavy atom. The molecule has 0 spiro atoms. The number of likely N-dealkylation sites (tertiary alicyclic amines) is 1. The number of nitrogens with zero attached hydrogens (tertiary/aromatic N) is 4. The smallest absolute Gasteiger partial charge is 0.419 e. The molecule has 0 aliphatic carbocycles. The molecule has 3 aromatic rings. The van der Waals surface area contributed by atoms with Crippen molar-refractivity contribution in [1.82, 2.24) is 24.8 Å². The highest BCUT2D eigenvalue weighted by Gasteiger charge is 2.40. The molecule has 2 saturated heterocycles. The highest BCUT2D eigenvalue weighted by molar-refractivity contribution is 5.83. The number of ether oxygens (including phenoxy) is 5. The van der Waals surface area contributed by atoms with E-state index in [0.717, 1.165) is 11.1 Å². The molecule has 15 heteroatoms. The van der Waals surface area contributed by atoms with Gasteiger partial charge < -0.3 is 33.9 Å². The Morgan fingerprint density at radius 3 is 2.44 bits per heavy atom. The van der Waals surface area contributed by atoms with Crippen molar-refractivity contribution in [2.24, 2.45) is 5.92 Å². The number of rotatable bonds is 10. The Balaban J connectivity index is 1.09. The SMILES string of the molecule is CC(C)(C)OC(=O)Nc1ccc(CNC(=O)C2CCN(C(=O)O[C@@H]3CCO[C@H](COC(=O)n4ccnc4)[C@H]3OCc3ccccc3)CC2)cn1. The topological polar surface area (TPSA) is 172 Å². The molecule has 268 valence electrons. The molecule has 0 unspecified atom stereocenters. The molecule has 2 aromatic heterocycles. The molecule has 2 N–H and O–H groups in total. The van der Waals surface area contributed by atoms with Gasteiger partial charge in [0, 0.05) is 50.6 Å². The van der Waals surface area contributed by atoms with Crippen LogP contribution in [0.4, 0.5) is 20.2 Å². The third-order valence-corrected chi connectivity index (χ3v) is 8.14. The monoisotopic (exact) mass is 692 g/mol. The zero-order chi connectivity index (χ0) is 35.5. The number of pyridine rings is 1. The Bertz CT molecular complexity index is 1560. The maximum atomic E-state index is 13.3. The number of anilines is 1. The number of carbonyl (C=O) groups is 4. The van der Waals surface area contributed by atoms with Crippen molar-refractivity contribution < 1.29 is 42.9 Å². The van der Waals surface area contributed by atoms with Crippen LogP contribution in [0.5, 0.6) is 0 Å². The zero-order valence-electron chi connectivity index (χ0n) is 28.5. The van der Waals surface area contributed by atoms with E-state index in [9.17, 15) is 19.2 Å². The van der Waals surface area contributed by atoms with Crippen molar-refractivity contribution >= 4 is 30.0 Å². The van der Waals surface area contributed by atoms with E-state index in [1.807, 2.05) is 30.3 Å². The first kappa shape index (κ1) is 36.3. The molecule has 2 fully saturated rings. The van der Waals surface area contributed by atoms with Gasteiger partial charge in [-0.1, -0.05) is 36.4 Å². The van der Waals surface area contributed by atoms with Crippen LogP contribution in [0.3, 0.4) is 0 Å². The standard InChI is InChI=1S/C35H44N6O9/c1-35(2,3)50-32(43)39-29-10-9-25(19-37-29)20-38-31(42)26-11-15-40(16-12-26)34(45)49-27-13-18-46-28(22-48-33(44)41-17-14-36-23-41)30(27)47-21-24-7-5-4-6-8-24/h4-10,14,17,19,23,26-28,30H,11-13,15-16,18,20-22H2,1-3H3,(H,38,42)(H,37,39,43)/t27-,28-,30+/m1/s1. The molecule has 5 rings (SSSR count).